The van der Waals surface area contributed by atoms with Crippen molar-refractivity contribution >= 4 is 29.7 Å². The number of halogens is 3. The normalized spacial score (nSPS) is 10.9. The quantitative estimate of drug-likeness (QED) is 0.662. The summed E-state index contributed by atoms with van der Waals surface area (Å²) in [7, 11) is 1.23. The Morgan fingerprint density at radius 1 is 1.16 bits per heavy atom. The maximum Gasteiger partial charge on any atom is 0.336 e. The van der Waals surface area contributed by atoms with Crippen molar-refractivity contribution in [2.45, 2.75) is 6.92 Å². The molecule has 0 aliphatic heterocycles. The molecule has 0 saturated heterocycles. The van der Waals surface area contributed by atoms with E-state index >= 15 is 0 Å². The van der Waals surface area contributed by atoms with Gasteiger partial charge in [-0.25, -0.2) is 18.6 Å². The Hall–Kier alpha value is -2.80. The molecule has 8 heteroatoms. The van der Waals surface area contributed by atoms with Crippen LogP contribution in [0.3, 0.4) is 0 Å². The second kappa shape index (κ2) is 7.40. The number of benzene rings is 2. The van der Waals surface area contributed by atoms with Crippen molar-refractivity contribution in [3.63, 3.8) is 0 Å². The first-order valence-corrected chi connectivity index (χ1v) is 7.40. The summed E-state index contributed by atoms with van der Waals surface area (Å²) in [6.07, 6.45) is 0.909. The molecule has 1 N–H and O–H groups in total. The van der Waals surface area contributed by atoms with E-state index in [2.05, 4.69) is 5.10 Å². The number of carbonyl (C=O) groups is 2. The Morgan fingerprint density at radius 3 is 2.48 bits per heavy atom. The highest BCUT2D eigenvalue weighted by Crippen LogP contribution is 2.20. The Kier molecular flexibility index (Phi) is 5.48. The highest BCUT2D eigenvalue weighted by Gasteiger charge is 2.19. The number of hydrazone groups is 1. The molecule has 1 amide bonds. The van der Waals surface area contributed by atoms with Gasteiger partial charge in [0.1, 0.15) is 5.82 Å². The van der Waals surface area contributed by atoms with E-state index in [0.717, 1.165) is 11.2 Å². The summed E-state index contributed by atoms with van der Waals surface area (Å²) < 4.78 is 28.1. The SMILES string of the molecule is Cc1ccc(C(=O)O)c(C=NN(C)C(=O)c2cccc(Cl)c2F)c1F. The average molecular weight is 367 g/mol. The van der Waals surface area contributed by atoms with E-state index in [-0.39, 0.29) is 27.3 Å². The molecule has 2 rings (SSSR count). The first-order chi connectivity index (χ1) is 11.7. The second-order valence-electron chi connectivity index (χ2n) is 5.14. The molecule has 0 radical (unpaired) electrons. The lowest BCUT2D eigenvalue weighted by Crippen LogP contribution is -2.23. The zero-order valence-corrected chi connectivity index (χ0v) is 14.0. The fraction of sp³-hybridized carbons (Fsp3) is 0.118. The first kappa shape index (κ1) is 18.5. The fourth-order valence-corrected chi connectivity index (χ4v) is 2.23. The molecule has 0 saturated carbocycles. The Labute approximate surface area is 147 Å². The van der Waals surface area contributed by atoms with Gasteiger partial charge in [0.25, 0.3) is 5.91 Å². The largest absolute Gasteiger partial charge is 0.478 e. The molecule has 0 atom stereocenters. The minimum Gasteiger partial charge on any atom is -0.478 e. The first-order valence-electron chi connectivity index (χ1n) is 7.02. The van der Waals surface area contributed by atoms with E-state index in [1.54, 1.807) is 0 Å². The summed E-state index contributed by atoms with van der Waals surface area (Å²) in [5, 5.41) is 13.4. The van der Waals surface area contributed by atoms with Gasteiger partial charge in [0, 0.05) is 12.6 Å². The molecule has 0 bridgehead atoms. The molecule has 0 aliphatic rings. The zero-order chi connectivity index (χ0) is 18.7. The van der Waals surface area contributed by atoms with Gasteiger partial charge in [-0.05, 0) is 30.7 Å². The van der Waals surface area contributed by atoms with Crippen LogP contribution < -0.4 is 0 Å². The van der Waals surface area contributed by atoms with E-state index in [9.17, 15) is 18.4 Å². The summed E-state index contributed by atoms with van der Waals surface area (Å²) in [6.45, 7) is 1.47. The monoisotopic (exact) mass is 366 g/mol. The molecule has 130 valence electrons. The van der Waals surface area contributed by atoms with E-state index in [0.29, 0.717) is 0 Å². The fourth-order valence-electron chi connectivity index (χ4n) is 2.05. The lowest BCUT2D eigenvalue weighted by atomic mass is 10.0. The molecule has 25 heavy (non-hydrogen) atoms. The minimum absolute atomic E-state index is 0.221. The lowest BCUT2D eigenvalue weighted by molar-refractivity contribution is 0.0695. The molecule has 0 aromatic heterocycles. The lowest BCUT2D eigenvalue weighted by Gasteiger charge is -2.12. The minimum atomic E-state index is -1.34. The van der Waals surface area contributed by atoms with Crippen LogP contribution in [0.15, 0.2) is 35.4 Å². The van der Waals surface area contributed by atoms with Crippen LogP contribution in [0.1, 0.15) is 31.8 Å². The van der Waals surface area contributed by atoms with Gasteiger partial charge in [0.15, 0.2) is 5.82 Å². The highest BCUT2D eigenvalue weighted by molar-refractivity contribution is 6.31. The number of hydrogen-bond acceptors (Lipinski definition) is 3. The maximum absolute atomic E-state index is 14.2. The smallest absolute Gasteiger partial charge is 0.336 e. The third-order valence-electron chi connectivity index (χ3n) is 3.44. The molecule has 2 aromatic carbocycles. The number of hydrogen-bond donors (Lipinski definition) is 1. The molecule has 0 aliphatic carbocycles. The van der Waals surface area contributed by atoms with Crippen molar-refractivity contribution in [1.82, 2.24) is 5.01 Å². The summed E-state index contributed by atoms with van der Waals surface area (Å²) >= 11 is 5.63. The van der Waals surface area contributed by atoms with Crippen molar-refractivity contribution in [2.24, 2.45) is 5.10 Å². The van der Waals surface area contributed by atoms with Crippen molar-refractivity contribution in [2.75, 3.05) is 7.05 Å². The predicted molar refractivity (Wildman–Crippen MR) is 89.2 cm³/mol. The van der Waals surface area contributed by atoms with Crippen molar-refractivity contribution in [3.05, 3.63) is 69.2 Å². The highest BCUT2D eigenvalue weighted by atomic mass is 35.5. The molecule has 2 aromatic rings. The Morgan fingerprint density at radius 2 is 1.84 bits per heavy atom. The third-order valence-corrected chi connectivity index (χ3v) is 3.73. The van der Waals surface area contributed by atoms with E-state index < -0.39 is 23.5 Å². The van der Waals surface area contributed by atoms with Gasteiger partial charge in [0.05, 0.1) is 22.4 Å². The van der Waals surface area contributed by atoms with E-state index in [4.69, 9.17) is 16.7 Å². The molecular weight excluding hydrogens is 354 g/mol. The summed E-state index contributed by atoms with van der Waals surface area (Å²) in [4.78, 5) is 23.4. The van der Waals surface area contributed by atoms with Crippen LogP contribution in [0.25, 0.3) is 0 Å². The topological polar surface area (TPSA) is 70.0 Å². The van der Waals surface area contributed by atoms with Crippen LogP contribution in [-0.4, -0.2) is 35.3 Å². The Balaban J connectivity index is 2.36. The number of aryl methyl sites for hydroxylation is 1. The molecule has 0 fully saturated rings. The number of carbonyl (C=O) groups excluding carboxylic acids is 1. The maximum atomic E-state index is 14.2. The van der Waals surface area contributed by atoms with Gasteiger partial charge < -0.3 is 5.11 Å². The second-order valence-corrected chi connectivity index (χ2v) is 5.54. The molecule has 0 spiro atoms. The van der Waals surface area contributed by atoms with Gasteiger partial charge in [-0.3, -0.25) is 4.79 Å². The third kappa shape index (κ3) is 3.83. The summed E-state index contributed by atoms with van der Waals surface area (Å²) in [5.41, 5.74) is -0.669. The number of carboxylic acid groups (broad SMARTS) is 1. The summed E-state index contributed by atoms with van der Waals surface area (Å²) in [6, 6.07) is 6.48. The van der Waals surface area contributed by atoms with Crippen LogP contribution in [0.2, 0.25) is 5.02 Å². The molecular formula is C17H13ClF2N2O3. The number of amides is 1. The van der Waals surface area contributed by atoms with Crippen molar-refractivity contribution < 1.29 is 23.5 Å². The number of rotatable bonds is 4. The van der Waals surface area contributed by atoms with Gasteiger partial charge in [-0.2, -0.15) is 5.10 Å². The number of carboxylic acids is 1. The molecule has 0 heterocycles. The van der Waals surface area contributed by atoms with Crippen LogP contribution in [0, 0.1) is 18.6 Å². The molecule has 0 unspecified atom stereocenters. The standard InChI is InChI=1S/C17H13ClF2N2O3/c1-9-6-7-10(17(24)25)12(14(9)19)8-21-22(2)16(23)11-4-3-5-13(18)15(11)20/h3-8H,1-2H3,(H,24,25). The average Bonchev–Trinajstić information content (AvgIpc) is 2.57. The summed E-state index contributed by atoms with van der Waals surface area (Å²) in [5.74, 6) is -3.82. The van der Waals surface area contributed by atoms with Crippen LogP contribution in [-0.2, 0) is 0 Å². The van der Waals surface area contributed by atoms with E-state index in [1.165, 1.54) is 44.3 Å². The zero-order valence-electron chi connectivity index (χ0n) is 13.3. The number of aromatic carboxylic acids is 1. The van der Waals surface area contributed by atoms with Crippen molar-refractivity contribution in [1.29, 1.82) is 0 Å². The van der Waals surface area contributed by atoms with Crippen LogP contribution in [0.4, 0.5) is 8.78 Å². The van der Waals surface area contributed by atoms with Gasteiger partial charge in [0.2, 0.25) is 0 Å². The predicted octanol–water partition coefficient (Wildman–Crippen LogP) is 3.73. The van der Waals surface area contributed by atoms with Crippen LogP contribution in [0.5, 0.6) is 0 Å². The van der Waals surface area contributed by atoms with Crippen molar-refractivity contribution in [3.8, 4) is 0 Å². The number of nitrogens with zero attached hydrogens (tertiary/aromatic N) is 2. The van der Waals surface area contributed by atoms with Gasteiger partial charge >= 0.3 is 5.97 Å². The van der Waals surface area contributed by atoms with Gasteiger partial charge in [-0.15, -0.1) is 0 Å². The van der Waals surface area contributed by atoms with Gasteiger partial charge in [-0.1, -0.05) is 23.7 Å². The Bertz CT molecular complexity index is 884. The van der Waals surface area contributed by atoms with Crippen LogP contribution >= 0.6 is 11.6 Å². The van der Waals surface area contributed by atoms with E-state index in [1.807, 2.05) is 0 Å². The molecule has 5 nitrogen and oxygen atoms in total.